The Labute approximate surface area is 186 Å². The molecule has 0 amide bonds. The second kappa shape index (κ2) is 12.3. The van der Waals surface area contributed by atoms with Crippen LogP contribution >= 0.6 is 24.0 Å². The maximum Gasteiger partial charge on any atom is 0.310 e. The third-order valence-corrected chi connectivity index (χ3v) is 5.40. The van der Waals surface area contributed by atoms with Gasteiger partial charge >= 0.3 is 5.97 Å². The predicted molar refractivity (Wildman–Crippen MR) is 125 cm³/mol. The van der Waals surface area contributed by atoms with Gasteiger partial charge in [-0.3, -0.25) is 14.7 Å². The van der Waals surface area contributed by atoms with Crippen LogP contribution in [0.15, 0.2) is 29.3 Å². The SMILES string of the molecule is CCN(CC)Cc1ccc(CNC(=NC)N2CC(C)C(C(=O)OC)C2)cc1.I. The number of ether oxygens (including phenoxy) is 1. The van der Waals surface area contributed by atoms with Crippen LogP contribution in [-0.4, -0.2) is 62.1 Å². The lowest BCUT2D eigenvalue weighted by Gasteiger charge is -2.22. The first-order valence-electron chi connectivity index (χ1n) is 9.85. The Hall–Kier alpha value is -1.35. The third kappa shape index (κ3) is 6.62. The molecule has 158 valence electrons. The summed E-state index contributed by atoms with van der Waals surface area (Å²) in [4.78, 5) is 20.8. The van der Waals surface area contributed by atoms with Crippen LogP contribution in [-0.2, 0) is 22.6 Å². The summed E-state index contributed by atoms with van der Waals surface area (Å²) in [5.74, 6) is 0.869. The molecule has 1 fully saturated rings. The van der Waals surface area contributed by atoms with Gasteiger partial charge in [-0.1, -0.05) is 45.0 Å². The molecule has 1 aliphatic heterocycles. The summed E-state index contributed by atoms with van der Waals surface area (Å²) in [6, 6.07) is 8.73. The van der Waals surface area contributed by atoms with Crippen molar-refractivity contribution in [2.75, 3.05) is 40.3 Å². The number of hydrogen-bond acceptors (Lipinski definition) is 4. The summed E-state index contributed by atoms with van der Waals surface area (Å²) in [5, 5.41) is 3.42. The minimum Gasteiger partial charge on any atom is -0.469 e. The molecule has 1 heterocycles. The molecular formula is C21H35IN4O2. The number of nitrogens with one attached hydrogen (secondary N) is 1. The van der Waals surface area contributed by atoms with Gasteiger partial charge < -0.3 is 15.0 Å². The Morgan fingerprint density at radius 2 is 1.82 bits per heavy atom. The normalized spacial score (nSPS) is 19.5. The summed E-state index contributed by atoms with van der Waals surface area (Å²) in [7, 11) is 3.24. The fourth-order valence-electron chi connectivity index (χ4n) is 3.58. The topological polar surface area (TPSA) is 57.2 Å². The number of carbonyl (C=O) groups excluding carboxylic acids is 1. The predicted octanol–water partition coefficient (Wildman–Crippen LogP) is 2.96. The highest BCUT2D eigenvalue weighted by atomic mass is 127. The van der Waals surface area contributed by atoms with Crippen LogP contribution in [0.3, 0.4) is 0 Å². The van der Waals surface area contributed by atoms with Crippen LogP contribution in [0.4, 0.5) is 0 Å². The molecule has 1 aromatic rings. The number of methoxy groups -OCH3 is 1. The van der Waals surface area contributed by atoms with Crippen LogP contribution in [0.5, 0.6) is 0 Å². The van der Waals surface area contributed by atoms with Crippen molar-refractivity contribution in [2.24, 2.45) is 16.8 Å². The Kier molecular flexibility index (Phi) is 10.8. The van der Waals surface area contributed by atoms with E-state index >= 15 is 0 Å². The maximum absolute atomic E-state index is 11.9. The lowest BCUT2D eigenvalue weighted by Crippen LogP contribution is -2.40. The minimum atomic E-state index is -0.135. The van der Waals surface area contributed by atoms with E-state index in [9.17, 15) is 4.79 Å². The smallest absolute Gasteiger partial charge is 0.310 e. The van der Waals surface area contributed by atoms with E-state index in [0.29, 0.717) is 13.1 Å². The van der Waals surface area contributed by atoms with E-state index in [2.05, 4.69) is 65.1 Å². The zero-order valence-corrected chi connectivity index (χ0v) is 20.1. The number of likely N-dealkylation sites (tertiary alicyclic amines) is 1. The molecule has 0 aliphatic carbocycles. The molecule has 6 nitrogen and oxygen atoms in total. The van der Waals surface area contributed by atoms with Gasteiger partial charge in [0.15, 0.2) is 5.96 Å². The molecule has 1 saturated heterocycles. The maximum atomic E-state index is 11.9. The number of rotatable bonds is 7. The monoisotopic (exact) mass is 502 g/mol. The van der Waals surface area contributed by atoms with E-state index < -0.39 is 0 Å². The highest BCUT2D eigenvalue weighted by molar-refractivity contribution is 14.0. The first kappa shape index (κ1) is 24.7. The van der Waals surface area contributed by atoms with Crippen molar-refractivity contribution in [1.29, 1.82) is 0 Å². The van der Waals surface area contributed by atoms with Gasteiger partial charge in [0.25, 0.3) is 0 Å². The summed E-state index contributed by atoms with van der Waals surface area (Å²) in [6.45, 7) is 11.8. The Balaban J connectivity index is 0.00000392. The fourth-order valence-corrected chi connectivity index (χ4v) is 3.58. The molecule has 0 aromatic heterocycles. The molecule has 2 atom stereocenters. The molecule has 0 saturated carbocycles. The number of nitrogens with zero attached hydrogens (tertiary/aromatic N) is 3. The second-order valence-corrected chi connectivity index (χ2v) is 7.19. The summed E-state index contributed by atoms with van der Waals surface area (Å²) in [6.07, 6.45) is 0. The number of benzene rings is 1. The van der Waals surface area contributed by atoms with Gasteiger partial charge in [-0.15, -0.1) is 24.0 Å². The average molecular weight is 502 g/mol. The lowest BCUT2D eigenvalue weighted by molar-refractivity contribution is -0.145. The van der Waals surface area contributed by atoms with Crippen molar-refractivity contribution >= 4 is 35.9 Å². The van der Waals surface area contributed by atoms with Gasteiger partial charge in [0, 0.05) is 33.2 Å². The van der Waals surface area contributed by atoms with Crippen LogP contribution in [0, 0.1) is 11.8 Å². The van der Waals surface area contributed by atoms with Crippen LogP contribution in [0.25, 0.3) is 0 Å². The standard InChI is InChI=1S/C21H34N4O2.HI/c1-6-24(7-2)14-18-10-8-17(9-11-18)12-23-21(22-4)25-13-16(3)19(15-25)20(26)27-5;/h8-11,16,19H,6-7,12-15H2,1-5H3,(H,22,23);1H. The van der Waals surface area contributed by atoms with Crippen LogP contribution in [0.1, 0.15) is 31.9 Å². The zero-order valence-electron chi connectivity index (χ0n) is 17.8. The van der Waals surface area contributed by atoms with E-state index in [-0.39, 0.29) is 41.8 Å². The molecule has 2 unspecified atom stereocenters. The highest BCUT2D eigenvalue weighted by Gasteiger charge is 2.36. The molecule has 1 N–H and O–H groups in total. The number of esters is 1. The Bertz CT molecular complexity index is 632. The summed E-state index contributed by atoms with van der Waals surface area (Å²) >= 11 is 0. The van der Waals surface area contributed by atoms with Crippen molar-refractivity contribution in [1.82, 2.24) is 15.1 Å². The van der Waals surface area contributed by atoms with Gasteiger partial charge in [-0.05, 0) is 30.1 Å². The molecule has 0 bridgehead atoms. The van der Waals surface area contributed by atoms with Crippen molar-refractivity contribution in [3.63, 3.8) is 0 Å². The molecule has 2 rings (SSSR count). The number of halogens is 1. The molecule has 0 radical (unpaired) electrons. The van der Waals surface area contributed by atoms with Crippen LogP contribution < -0.4 is 5.32 Å². The van der Waals surface area contributed by atoms with Gasteiger partial charge in [0.1, 0.15) is 0 Å². The summed E-state index contributed by atoms with van der Waals surface area (Å²) in [5.41, 5.74) is 2.55. The Morgan fingerprint density at radius 1 is 1.21 bits per heavy atom. The number of guanidine groups is 1. The number of hydrogen-bond donors (Lipinski definition) is 1. The third-order valence-electron chi connectivity index (χ3n) is 5.40. The molecule has 28 heavy (non-hydrogen) atoms. The fraction of sp³-hybridized carbons (Fsp3) is 0.619. The molecule has 1 aliphatic rings. The van der Waals surface area contributed by atoms with Crippen molar-refractivity contribution < 1.29 is 9.53 Å². The molecule has 7 heteroatoms. The van der Waals surface area contributed by atoms with Gasteiger partial charge in [-0.2, -0.15) is 0 Å². The molecule has 1 aromatic carbocycles. The first-order chi connectivity index (χ1) is 13.0. The van der Waals surface area contributed by atoms with E-state index in [0.717, 1.165) is 32.1 Å². The molecular weight excluding hydrogens is 467 g/mol. The van der Waals surface area contributed by atoms with Crippen molar-refractivity contribution in [2.45, 2.75) is 33.9 Å². The van der Waals surface area contributed by atoms with E-state index in [1.165, 1.54) is 18.2 Å². The minimum absolute atomic E-state index is 0. The quantitative estimate of drug-likeness (QED) is 0.269. The van der Waals surface area contributed by atoms with E-state index in [4.69, 9.17) is 4.74 Å². The van der Waals surface area contributed by atoms with E-state index in [1.807, 2.05) is 0 Å². The average Bonchev–Trinajstić information content (AvgIpc) is 3.08. The van der Waals surface area contributed by atoms with Crippen LogP contribution in [0.2, 0.25) is 0 Å². The highest BCUT2D eigenvalue weighted by Crippen LogP contribution is 2.24. The lowest BCUT2D eigenvalue weighted by atomic mass is 9.99. The first-order valence-corrected chi connectivity index (χ1v) is 9.85. The number of carbonyl (C=O) groups is 1. The van der Waals surface area contributed by atoms with Crippen molar-refractivity contribution in [3.8, 4) is 0 Å². The zero-order chi connectivity index (χ0) is 19.8. The van der Waals surface area contributed by atoms with Crippen molar-refractivity contribution in [3.05, 3.63) is 35.4 Å². The van der Waals surface area contributed by atoms with Gasteiger partial charge in [-0.25, -0.2) is 0 Å². The largest absolute Gasteiger partial charge is 0.469 e. The molecule has 0 spiro atoms. The van der Waals surface area contributed by atoms with E-state index in [1.54, 1.807) is 7.05 Å². The summed E-state index contributed by atoms with van der Waals surface area (Å²) < 4.78 is 4.92. The van der Waals surface area contributed by atoms with Gasteiger partial charge in [0.2, 0.25) is 0 Å². The van der Waals surface area contributed by atoms with Gasteiger partial charge in [0.05, 0.1) is 13.0 Å². The number of aliphatic imine (C=N–C) groups is 1. The Morgan fingerprint density at radius 3 is 2.36 bits per heavy atom. The second-order valence-electron chi connectivity index (χ2n) is 7.19.